The normalized spacial score (nSPS) is 9.14. The number of benzene rings is 1. The number of hydrogen-bond acceptors (Lipinski definition) is 2. The van der Waals surface area contributed by atoms with Crippen molar-refractivity contribution in [1.82, 2.24) is 0 Å². The summed E-state index contributed by atoms with van der Waals surface area (Å²) in [5.74, 6) is -0.0811. The molecule has 0 heterocycles. The highest BCUT2D eigenvalue weighted by atomic mass is 16.1. The Morgan fingerprint density at radius 2 is 2.36 bits per heavy atom. The fourth-order valence-electron chi connectivity index (χ4n) is 1.21. The van der Waals surface area contributed by atoms with E-state index in [2.05, 4.69) is 11.4 Å². The number of amides is 1. The van der Waals surface area contributed by atoms with Gasteiger partial charge in [0.05, 0.1) is 6.07 Å². The lowest BCUT2D eigenvalue weighted by Gasteiger charge is -2.03. The summed E-state index contributed by atoms with van der Waals surface area (Å²) in [4.78, 5) is 10.8. The van der Waals surface area contributed by atoms with Crippen molar-refractivity contribution in [2.24, 2.45) is 0 Å². The first-order valence-electron chi connectivity index (χ1n) is 4.46. The van der Waals surface area contributed by atoms with Crippen LogP contribution in [0.4, 0.5) is 5.69 Å². The van der Waals surface area contributed by atoms with E-state index in [0.717, 1.165) is 17.7 Å². The summed E-state index contributed by atoms with van der Waals surface area (Å²) in [5, 5.41) is 11.1. The van der Waals surface area contributed by atoms with Crippen LogP contribution in [0.1, 0.15) is 18.9 Å². The van der Waals surface area contributed by atoms with E-state index in [-0.39, 0.29) is 5.91 Å². The molecule has 0 unspecified atom stereocenters. The number of rotatable bonds is 3. The number of carbonyl (C=O) groups is 1. The molecule has 0 saturated heterocycles. The average Bonchev–Trinajstić information content (AvgIpc) is 2.14. The molecule has 0 bridgehead atoms. The van der Waals surface area contributed by atoms with Gasteiger partial charge in [0.2, 0.25) is 5.91 Å². The summed E-state index contributed by atoms with van der Waals surface area (Å²) >= 11 is 0. The van der Waals surface area contributed by atoms with Gasteiger partial charge in [-0.2, -0.15) is 5.26 Å². The van der Waals surface area contributed by atoms with Gasteiger partial charge in [0, 0.05) is 19.0 Å². The monoisotopic (exact) mass is 188 g/mol. The molecule has 1 amide bonds. The molecule has 1 rings (SSSR count). The largest absolute Gasteiger partial charge is 0.326 e. The lowest BCUT2D eigenvalue weighted by atomic mass is 10.1. The molecule has 0 fully saturated rings. The minimum Gasteiger partial charge on any atom is -0.326 e. The van der Waals surface area contributed by atoms with Crippen molar-refractivity contribution in [3.63, 3.8) is 0 Å². The third-order valence-corrected chi connectivity index (χ3v) is 1.77. The first kappa shape index (κ1) is 10.3. The number of aryl methyl sites for hydroxylation is 1. The van der Waals surface area contributed by atoms with E-state index >= 15 is 0 Å². The second-order valence-electron chi connectivity index (χ2n) is 3.04. The third kappa shape index (κ3) is 3.28. The predicted molar refractivity (Wildman–Crippen MR) is 54.7 cm³/mol. The zero-order valence-electron chi connectivity index (χ0n) is 8.08. The highest BCUT2D eigenvalue weighted by molar-refractivity contribution is 5.88. The Bertz CT molecular complexity index is 366. The highest BCUT2D eigenvalue weighted by Gasteiger charge is 1.97. The van der Waals surface area contributed by atoms with Crippen LogP contribution in [0.2, 0.25) is 0 Å². The number of carbonyl (C=O) groups excluding carboxylic acids is 1. The van der Waals surface area contributed by atoms with Gasteiger partial charge >= 0.3 is 0 Å². The Morgan fingerprint density at radius 3 is 3.00 bits per heavy atom. The Morgan fingerprint density at radius 1 is 1.57 bits per heavy atom. The van der Waals surface area contributed by atoms with Crippen LogP contribution >= 0.6 is 0 Å². The third-order valence-electron chi connectivity index (χ3n) is 1.77. The van der Waals surface area contributed by atoms with Crippen LogP contribution in [0.15, 0.2) is 24.3 Å². The van der Waals surface area contributed by atoms with Crippen LogP contribution in [-0.2, 0) is 11.2 Å². The van der Waals surface area contributed by atoms with Crippen LogP contribution in [0.3, 0.4) is 0 Å². The van der Waals surface area contributed by atoms with Gasteiger partial charge in [-0.1, -0.05) is 12.1 Å². The van der Waals surface area contributed by atoms with E-state index in [4.69, 9.17) is 5.26 Å². The van der Waals surface area contributed by atoms with Crippen molar-refractivity contribution < 1.29 is 4.79 Å². The van der Waals surface area contributed by atoms with Crippen molar-refractivity contribution in [2.45, 2.75) is 19.8 Å². The van der Waals surface area contributed by atoms with Crippen molar-refractivity contribution >= 4 is 11.6 Å². The van der Waals surface area contributed by atoms with Crippen LogP contribution < -0.4 is 5.32 Å². The van der Waals surface area contributed by atoms with E-state index in [9.17, 15) is 4.79 Å². The van der Waals surface area contributed by atoms with Gasteiger partial charge in [-0.05, 0) is 24.1 Å². The Hall–Kier alpha value is -1.82. The molecule has 3 nitrogen and oxygen atoms in total. The van der Waals surface area contributed by atoms with Gasteiger partial charge in [0.1, 0.15) is 0 Å². The fraction of sp³-hybridized carbons (Fsp3) is 0.273. The second kappa shape index (κ2) is 5.03. The molecule has 0 aliphatic carbocycles. The van der Waals surface area contributed by atoms with Crippen LogP contribution in [-0.4, -0.2) is 5.91 Å². The molecule has 0 spiro atoms. The van der Waals surface area contributed by atoms with E-state index in [1.165, 1.54) is 6.92 Å². The maximum absolute atomic E-state index is 10.8. The molecular formula is C11H12N2O. The number of nitriles is 1. The predicted octanol–water partition coefficient (Wildman–Crippen LogP) is 2.10. The molecule has 1 aromatic rings. The molecule has 14 heavy (non-hydrogen) atoms. The van der Waals surface area contributed by atoms with Crippen LogP contribution in [0, 0.1) is 11.3 Å². The number of hydrogen-bond donors (Lipinski definition) is 1. The van der Waals surface area contributed by atoms with E-state index < -0.39 is 0 Å². The summed E-state index contributed by atoms with van der Waals surface area (Å²) in [5.41, 5.74) is 1.85. The number of nitrogens with zero attached hydrogens (tertiary/aromatic N) is 1. The highest BCUT2D eigenvalue weighted by Crippen LogP contribution is 2.11. The topological polar surface area (TPSA) is 52.9 Å². The van der Waals surface area contributed by atoms with Gasteiger partial charge in [-0.3, -0.25) is 4.79 Å². The maximum Gasteiger partial charge on any atom is 0.221 e. The second-order valence-corrected chi connectivity index (χ2v) is 3.04. The molecule has 1 N–H and O–H groups in total. The molecule has 3 heteroatoms. The summed E-state index contributed by atoms with van der Waals surface area (Å²) < 4.78 is 0. The Balaban J connectivity index is 2.69. The van der Waals surface area contributed by atoms with Crippen molar-refractivity contribution in [2.75, 3.05) is 5.32 Å². The number of anilines is 1. The molecule has 0 aliphatic rings. The minimum atomic E-state index is -0.0811. The maximum atomic E-state index is 10.8. The van der Waals surface area contributed by atoms with Crippen molar-refractivity contribution in [3.8, 4) is 6.07 Å². The average molecular weight is 188 g/mol. The van der Waals surface area contributed by atoms with Crippen LogP contribution in [0.25, 0.3) is 0 Å². The fourth-order valence-corrected chi connectivity index (χ4v) is 1.21. The Labute approximate surface area is 83.4 Å². The number of nitrogens with one attached hydrogen (secondary N) is 1. The molecule has 0 aliphatic heterocycles. The van der Waals surface area contributed by atoms with E-state index in [1.54, 1.807) is 0 Å². The first-order valence-corrected chi connectivity index (χ1v) is 4.46. The lowest BCUT2D eigenvalue weighted by Crippen LogP contribution is -2.05. The minimum absolute atomic E-state index is 0.0811. The zero-order valence-corrected chi connectivity index (χ0v) is 8.08. The molecule has 72 valence electrons. The van der Waals surface area contributed by atoms with Gasteiger partial charge < -0.3 is 5.32 Å². The summed E-state index contributed by atoms with van der Waals surface area (Å²) in [6.07, 6.45) is 1.23. The summed E-state index contributed by atoms with van der Waals surface area (Å²) in [6.45, 7) is 1.47. The zero-order chi connectivity index (χ0) is 10.4. The molecule has 0 radical (unpaired) electrons. The first-order chi connectivity index (χ1) is 6.72. The van der Waals surface area contributed by atoms with Gasteiger partial charge in [0.25, 0.3) is 0 Å². The van der Waals surface area contributed by atoms with Crippen molar-refractivity contribution in [3.05, 3.63) is 29.8 Å². The van der Waals surface area contributed by atoms with Gasteiger partial charge in [-0.15, -0.1) is 0 Å². The smallest absolute Gasteiger partial charge is 0.221 e. The van der Waals surface area contributed by atoms with Gasteiger partial charge in [-0.25, -0.2) is 0 Å². The molecule has 1 aromatic carbocycles. The summed E-state index contributed by atoms with van der Waals surface area (Å²) in [6, 6.07) is 9.63. The lowest BCUT2D eigenvalue weighted by molar-refractivity contribution is -0.114. The van der Waals surface area contributed by atoms with E-state index in [0.29, 0.717) is 6.42 Å². The quantitative estimate of drug-likeness (QED) is 0.789. The SMILES string of the molecule is CC(=O)Nc1cccc(CCC#N)c1. The molecule has 0 aromatic heterocycles. The van der Waals surface area contributed by atoms with Crippen molar-refractivity contribution in [1.29, 1.82) is 5.26 Å². The molecule has 0 atom stereocenters. The Kier molecular flexibility index (Phi) is 3.69. The van der Waals surface area contributed by atoms with E-state index in [1.807, 2.05) is 24.3 Å². The van der Waals surface area contributed by atoms with Gasteiger partial charge in [0.15, 0.2) is 0 Å². The summed E-state index contributed by atoms with van der Waals surface area (Å²) in [7, 11) is 0. The molecular weight excluding hydrogens is 176 g/mol. The standard InChI is InChI=1S/C11H12N2O/c1-9(14)13-11-6-2-4-10(8-11)5-3-7-12/h2,4,6,8H,3,5H2,1H3,(H,13,14). The van der Waals surface area contributed by atoms with Crippen LogP contribution in [0.5, 0.6) is 0 Å². The molecule has 0 saturated carbocycles.